The van der Waals surface area contributed by atoms with Crippen molar-refractivity contribution in [1.82, 2.24) is 24.6 Å². The van der Waals surface area contributed by atoms with Crippen molar-refractivity contribution < 1.29 is 0 Å². The number of hydrogen-bond donors (Lipinski definition) is 1. The first-order valence-electron chi connectivity index (χ1n) is 5.22. The number of anilines is 1. The smallest absolute Gasteiger partial charge is 0.186 e. The Labute approximate surface area is 102 Å². The lowest BCUT2D eigenvalue weighted by atomic mass is 10.3. The Morgan fingerprint density at radius 2 is 2.00 bits per heavy atom. The van der Waals surface area contributed by atoms with E-state index in [-0.39, 0.29) is 0 Å². The summed E-state index contributed by atoms with van der Waals surface area (Å²) in [6.45, 7) is 0. The molecule has 0 unspecified atom stereocenters. The second kappa shape index (κ2) is 4.21. The number of aromatic nitrogens is 5. The van der Waals surface area contributed by atoms with Gasteiger partial charge < -0.3 is 5.73 Å². The largest absolute Gasteiger partial charge is 0.382 e. The third-order valence-electron chi connectivity index (χ3n) is 2.38. The fourth-order valence-electron chi connectivity index (χ4n) is 1.50. The van der Waals surface area contributed by atoms with E-state index in [1.807, 2.05) is 12.1 Å². The van der Waals surface area contributed by atoms with E-state index in [9.17, 15) is 0 Å². The highest BCUT2D eigenvalue weighted by Gasteiger charge is 2.05. The van der Waals surface area contributed by atoms with Gasteiger partial charge in [-0.3, -0.25) is 4.98 Å². The number of hydrogen-bond acceptors (Lipinski definition) is 6. The van der Waals surface area contributed by atoms with Crippen LogP contribution >= 0.6 is 0 Å². The van der Waals surface area contributed by atoms with E-state index >= 15 is 0 Å². The highest BCUT2D eigenvalue weighted by Crippen LogP contribution is 2.13. The van der Waals surface area contributed by atoms with E-state index in [2.05, 4.69) is 25.0 Å². The van der Waals surface area contributed by atoms with Crippen molar-refractivity contribution >= 4 is 23.2 Å². The van der Waals surface area contributed by atoms with Crippen LogP contribution in [0.4, 0.5) is 5.82 Å². The molecule has 0 aliphatic heterocycles. The van der Waals surface area contributed by atoms with E-state index in [1.54, 1.807) is 29.6 Å². The summed E-state index contributed by atoms with van der Waals surface area (Å²) in [5, 5.41) is 4.26. The second-order valence-electron chi connectivity index (χ2n) is 3.55. The molecule has 7 heteroatoms. The Bertz CT molecular complexity index is 702. The van der Waals surface area contributed by atoms with E-state index < -0.39 is 0 Å². The van der Waals surface area contributed by atoms with Crippen LogP contribution in [0.15, 0.2) is 42.3 Å². The summed E-state index contributed by atoms with van der Waals surface area (Å²) >= 11 is 0. The van der Waals surface area contributed by atoms with Crippen molar-refractivity contribution in [2.75, 3.05) is 5.73 Å². The third kappa shape index (κ3) is 1.77. The van der Waals surface area contributed by atoms with E-state index in [0.29, 0.717) is 17.0 Å². The standard InChI is InChI=1S/C11H9N7/c12-10-9-11(15-6-14-10)18(7-16-9)17-5-8-1-3-13-4-2-8/h1-7H,(H2,12,14,15). The maximum absolute atomic E-state index is 5.69. The molecule has 7 nitrogen and oxygen atoms in total. The van der Waals surface area contributed by atoms with Crippen LogP contribution in [0.3, 0.4) is 0 Å². The van der Waals surface area contributed by atoms with Crippen LogP contribution in [-0.2, 0) is 0 Å². The Hall–Kier alpha value is -2.83. The van der Waals surface area contributed by atoms with Crippen molar-refractivity contribution in [3.05, 3.63) is 42.7 Å². The van der Waals surface area contributed by atoms with Gasteiger partial charge in [-0.25, -0.2) is 19.6 Å². The van der Waals surface area contributed by atoms with Gasteiger partial charge in [0.2, 0.25) is 0 Å². The highest BCUT2D eigenvalue weighted by molar-refractivity contribution is 5.83. The molecule has 3 aromatic rings. The van der Waals surface area contributed by atoms with Gasteiger partial charge in [0.25, 0.3) is 0 Å². The van der Waals surface area contributed by atoms with Gasteiger partial charge in [0.1, 0.15) is 12.7 Å². The zero-order chi connectivity index (χ0) is 12.4. The quantitative estimate of drug-likeness (QED) is 0.664. The molecule has 2 N–H and O–H groups in total. The molecule has 0 bridgehead atoms. The Kier molecular flexibility index (Phi) is 2.41. The molecule has 0 aromatic carbocycles. The number of imidazole rings is 1. The van der Waals surface area contributed by atoms with Gasteiger partial charge >= 0.3 is 0 Å². The molecule has 0 saturated heterocycles. The lowest BCUT2D eigenvalue weighted by molar-refractivity contribution is 0.897. The topological polar surface area (TPSA) is 94.9 Å². The highest BCUT2D eigenvalue weighted by atomic mass is 15.4. The first-order chi connectivity index (χ1) is 8.84. The number of pyridine rings is 1. The van der Waals surface area contributed by atoms with E-state index in [1.165, 1.54) is 6.33 Å². The number of nitrogen functional groups attached to an aromatic ring is 1. The van der Waals surface area contributed by atoms with Crippen LogP contribution in [0.5, 0.6) is 0 Å². The molecule has 88 valence electrons. The van der Waals surface area contributed by atoms with Gasteiger partial charge in [-0.15, -0.1) is 0 Å². The molecule has 3 rings (SSSR count). The molecular formula is C11H9N7. The zero-order valence-corrected chi connectivity index (χ0v) is 9.30. The molecular weight excluding hydrogens is 230 g/mol. The summed E-state index contributed by atoms with van der Waals surface area (Å²) in [5.41, 5.74) is 7.75. The van der Waals surface area contributed by atoms with E-state index in [0.717, 1.165) is 5.56 Å². The maximum atomic E-state index is 5.69. The predicted molar refractivity (Wildman–Crippen MR) is 67.0 cm³/mol. The molecule has 3 aromatic heterocycles. The molecule has 0 aliphatic carbocycles. The Morgan fingerprint density at radius 3 is 2.83 bits per heavy atom. The van der Waals surface area contributed by atoms with Crippen LogP contribution < -0.4 is 5.73 Å². The van der Waals surface area contributed by atoms with Crippen molar-refractivity contribution in [2.24, 2.45) is 5.10 Å². The number of fused-ring (bicyclic) bond motifs is 1. The van der Waals surface area contributed by atoms with Gasteiger partial charge in [0.15, 0.2) is 17.0 Å². The summed E-state index contributed by atoms with van der Waals surface area (Å²) in [5.74, 6) is 0.345. The summed E-state index contributed by atoms with van der Waals surface area (Å²) in [6, 6.07) is 3.71. The number of rotatable bonds is 2. The summed E-state index contributed by atoms with van der Waals surface area (Å²) < 4.78 is 1.55. The molecule has 0 aliphatic rings. The maximum Gasteiger partial charge on any atom is 0.186 e. The minimum atomic E-state index is 0.345. The minimum Gasteiger partial charge on any atom is -0.382 e. The van der Waals surface area contributed by atoms with Crippen LogP contribution in [0.25, 0.3) is 11.2 Å². The molecule has 0 fully saturated rings. The normalized spacial score (nSPS) is 11.3. The van der Waals surface area contributed by atoms with Crippen molar-refractivity contribution in [3.8, 4) is 0 Å². The molecule has 0 saturated carbocycles. The molecule has 0 amide bonds. The first kappa shape index (κ1) is 10.3. The summed E-state index contributed by atoms with van der Waals surface area (Å²) in [4.78, 5) is 16.0. The van der Waals surface area contributed by atoms with Crippen LogP contribution in [0, 0.1) is 0 Å². The average Bonchev–Trinajstić information content (AvgIpc) is 2.82. The van der Waals surface area contributed by atoms with Crippen molar-refractivity contribution in [1.29, 1.82) is 0 Å². The van der Waals surface area contributed by atoms with Crippen molar-refractivity contribution in [3.63, 3.8) is 0 Å². The fourth-order valence-corrected chi connectivity index (χ4v) is 1.50. The molecule has 18 heavy (non-hydrogen) atoms. The molecule has 0 radical (unpaired) electrons. The van der Waals surface area contributed by atoms with Crippen LogP contribution in [0.2, 0.25) is 0 Å². The monoisotopic (exact) mass is 239 g/mol. The van der Waals surface area contributed by atoms with Gasteiger partial charge in [-0.05, 0) is 17.7 Å². The Morgan fingerprint density at radius 1 is 1.17 bits per heavy atom. The summed E-state index contributed by atoms with van der Waals surface area (Å²) in [6.07, 6.45) is 8.04. The van der Waals surface area contributed by atoms with Gasteiger partial charge in [-0.2, -0.15) is 5.10 Å². The van der Waals surface area contributed by atoms with Gasteiger partial charge in [-0.1, -0.05) is 0 Å². The lowest BCUT2D eigenvalue weighted by Crippen LogP contribution is -1.95. The van der Waals surface area contributed by atoms with Crippen LogP contribution in [0.1, 0.15) is 5.56 Å². The van der Waals surface area contributed by atoms with Crippen LogP contribution in [-0.4, -0.2) is 30.8 Å². The molecule has 3 heterocycles. The molecule has 0 atom stereocenters. The SMILES string of the molecule is Nc1ncnc2c1ncn2N=Cc1ccncc1. The van der Waals surface area contributed by atoms with Gasteiger partial charge in [0.05, 0.1) is 6.21 Å². The average molecular weight is 239 g/mol. The number of nitrogens with zero attached hydrogens (tertiary/aromatic N) is 6. The zero-order valence-electron chi connectivity index (χ0n) is 9.30. The second-order valence-corrected chi connectivity index (χ2v) is 3.55. The third-order valence-corrected chi connectivity index (χ3v) is 2.38. The number of nitrogens with two attached hydrogens (primary N) is 1. The first-order valence-corrected chi connectivity index (χ1v) is 5.22. The van der Waals surface area contributed by atoms with Crippen molar-refractivity contribution in [2.45, 2.75) is 0 Å². The summed E-state index contributed by atoms with van der Waals surface area (Å²) in [7, 11) is 0. The minimum absolute atomic E-state index is 0.345. The van der Waals surface area contributed by atoms with Gasteiger partial charge in [0, 0.05) is 12.4 Å². The predicted octanol–water partition coefficient (Wildman–Crippen LogP) is 0.686. The Balaban J connectivity index is 2.01. The van der Waals surface area contributed by atoms with E-state index in [4.69, 9.17) is 5.73 Å². The fraction of sp³-hybridized carbons (Fsp3) is 0. The molecule has 0 spiro atoms. The lowest BCUT2D eigenvalue weighted by Gasteiger charge is -1.95.